The third-order valence-electron chi connectivity index (χ3n) is 2.58. The molecule has 0 aromatic heterocycles. The largest absolute Gasteiger partial charge is 0.461 e. The summed E-state index contributed by atoms with van der Waals surface area (Å²) in [4.78, 5) is 11.4. The Morgan fingerprint density at radius 2 is 2.11 bits per heavy atom. The van der Waals surface area contributed by atoms with E-state index in [4.69, 9.17) is 17.0 Å². The Morgan fingerprint density at radius 3 is 2.67 bits per heavy atom. The number of thiocarbonyl (C=S) groups is 1. The van der Waals surface area contributed by atoms with E-state index in [1.165, 1.54) is 12.1 Å². The van der Waals surface area contributed by atoms with Gasteiger partial charge in [-0.15, -0.1) is 0 Å². The van der Waals surface area contributed by atoms with Crippen LogP contribution in [0.25, 0.3) is 0 Å². The lowest BCUT2D eigenvalue weighted by molar-refractivity contribution is -0.142. The fraction of sp³-hybridized carbons (Fsp3) is 0.333. The molecule has 0 saturated carbocycles. The van der Waals surface area contributed by atoms with Crippen molar-refractivity contribution >= 4 is 29.0 Å². The minimum Gasteiger partial charge on any atom is -0.461 e. The first-order valence-electron chi connectivity index (χ1n) is 5.58. The smallest absolute Gasteiger partial charge is 0.329 e. The summed E-state index contributed by atoms with van der Waals surface area (Å²) >= 11 is 5.07. The SMILES string of the molecule is C[C@H]1C[C@@H](NC(=S)Nc2ccc(F)cc2)C(=O)O1. The maximum absolute atomic E-state index is 12.7. The number of carbonyl (C=O) groups excluding carboxylic acids is 1. The summed E-state index contributed by atoms with van der Waals surface area (Å²) in [6.07, 6.45) is 0.494. The van der Waals surface area contributed by atoms with Gasteiger partial charge in [0.2, 0.25) is 0 Å². The second kappa shape index (κ2) is 5.30. The monoisotopic (exact) mass is 268 g/mol. The van der Waals surface area contributed by atoms with Gasteiger partial charge in [0, 0.05) is 12.1 Å². The van der Waals surface area contributed by atoms with Crippen LogP contribution in [0.3, 0.4) is 0 Å². The molecule has 1 fully saturated rings. The van der Waals surface area contributed by atoms with Gasteiger partial charge in [-0.25, -0.2) is 9.18 Å². The van der Waals surface area contributed by atoms with E-state index in [1.54, 1.807) is 12.1 Å². The Bertz CT molecular complexity index is 464. The molecule has 0 radical (unpaired) electrons. The lowest BCUT2D eigenvalue weighted by Gasteiger charge is -2.13. The number of benzene rings is 1. The minimum absolute atomic E-state index is 0.0939. The van der Waals surface area contributed by atoms with E-state index in [1.807, 2.05) is 6.92 Å². The molecular weight excluding hydrogens is 255 g/mol. The average molecular weight is 268 g/mol. The van der Waals surface area contributed by atoms with E-state index >= 15 is 0 Å². The molecule has 0 amide bonds. The van der Waals surface area contributed by atoms with E-state index in [0.717, 1.165) is 0 Å². The predicted molar refractivity (Wildman–Crippen MR) is 69.7 cm³/mol. The van der Waals surface area contributed by atoms with Crippen molar-refractivity contribution in [3.63, 3.8) is 0 Å². The Hall–Kier alpha value is -1.69. The molecule has 6 heteroatoms. The van der Waals surface area contributed by atoms with Crippen LogP contribution >= 0.6 is 12.2 Å². The van der Waals surface area contributed by atoms with Gasteiger partial charge >= 0.3 is 5.97 Å². The molecule has 0 bridgehead atoms. The van der Waals surface area contributed by atoms with Crippen molar-refractivity contribution in [1.29, 1.82) is 0 Å². The van der Waals surface area contributed by atoms with Crippen LogP contribution in [0.15, 0.2) is 24.3 Å². The Kier molecular flexibility index (Phi) is 3.76. The molecular formula is C12H13FN2O2S. The Labute approximate surface area is 110 Å². The van der Waals surface area contributed by atoms with Crippen LogP contribution in [0.2, 0.25) is 0 Å². The highest BCUT2D eigenvalue weighted by atomic mass is 32.1. The number of hydrogen-bond donors (Lipinski definition) is 2. The Morgan fingerprint density at radius 1 is 1.44 bits per heavy atom. The van der Waals surface area contributed by atoms with Crippen LogP contribution in [0.5, 0.6) is 0 Å². The lowest BCUT2D eigenvalue weighted by atomic mass is 10.2. The number of anilines is 1. The number of rotatable bonds is 2. The molecule has 0 aliphatic carbocycles. The fourth-order valence-corrected chi connectivity index (χ4v) is 1.99. The molecule has 1 aromatic rings. The van der Waals surface area contributed by atoms with E-state index < -0.39 is 6.04 Å². The van der Waals surface area contributed by atoms with Gasteiger partial charge < -0.3 is 15.4 Å². The normalized spacial score (nSPS) is 22.4. The summed E-state index contributed by atoms with van der Waals surface area (Å²) in [5.41, 5.74) is 0.660. The van der Waals surface area contributed by atoms with Crippen molar-refractivity contribution in [3.05, 3.63) is 30.1 Å². The quantitative estimate of drug-likeness (QED) is 0.633. The first-order chi connectivity index (χ1) is 8.54. The fourth-order valence-electron chi connectivity index (χ4n) is 1.73. The summed E-state index contributed by atoms with van der Waals surface area (Å²) < 4.78 is 17.7. The number of ether oxygens (including phenoxy) is 1. The number of hydrogen-bond acceptors (Lipinski definition) is 3. The third kappa shape index (κ3) is 3.16. The van der Waals surface area contributed by atoms with Crippen molar-refractivity contribution in [2.45, 2.75) is 25.5 Å². The maximum Gasteiger partial charge on any atom is 0.329 e. The van der Waals surface area contributed by atoms with Crippen molar-refractivity contribution < 1.29 is 13.9 Å². The molecule has 1 heterocycles. The molecule has 0 spiro atoms. The molecule has 1 aromatic carbocycles. The van der Waals surface area contributed by atoms with E-state index in [2.05, 4.69) is 10.6 Å². The van der Waals surface area contributed by atoms with Gasteiger partial charge in [-0.1, -0.05) is 0 Å². The highest BCUT2D eigenvalue weighted by molar-refractivity contribution is 7.80. The number of nitrogens with one attached hydrogen (secondary N) is 2. The van der Waals surface area contributed by atoms with E-state index in [-0.39, 0.29) is 17.9 Å². The lowest BCUT2D eigenvalue weighted by Crippen LogP contribution is -2.40. The number of carbonyl (C=O) groups is 1. The zero-order valence-corrected chi connectivity index (χ0v) is 10.6. The van der Waals surface area contributed by atoms with E-state index in [0.29, 0.717) is 17.2 Å². The molecule has 2 rings (SSSR count). The zero-order chi connectivity index (χ0) is 13.1. The standard InChI is InChI=1S/C12H13FN2O2S/c1-7-6-10(11(16)17-7)15-12(18)14-9-4-2-8(13)3-5-9/h2-5,7,10H,6H2,1H3,(H2,14,15,18)/t7-,10+/m0/s1. The summed E-state index contributed by atoms with van der Waals surface area (Å²) in [6, 6.07) is 5.38. The molecule has 1 aliphatic heterocycles. The van der Waals surface area contributed by atoms with Crippen LogP contribution in [0, 0.1) is 5.82 Å². The summed E-state index contributed by atoms with van der Waals surface area (Å²) in [6.45, 7) is 1.83. The Balaban J connectivity index is 1.89. The van der Waals surface area contributed by atoms with Gasteiger partial charge in [-0.2, -0.15) is 0 Å². The molecule has 4 nitrogen and oxygen atoms in total. The zero-order valence-electron chi connectivity index (χ0n) is 9.77. The van der Waals surface area contributed by atoms with Crippen molar-refractivity contribution in [3.8, 4) is 0 Å². The average Bonchev–Trinajstić information content (AvgIpc) is 2.61. The van der Waals surface area contributed by atoms with Crippen molar-refractivity contribution in [1.82, 2.24) is 5.32 Å². The van der Waals surface area contributed by atoms with Crippen LogP contribution < -0.4 is 10.6 Å². The molecule has 18 heavy (non-hydrogen) atoms. The van der Waals surface area contributed by atoms with Crippen LogP contribution in [-0.4, -0.2) is 23.2 Å². The highest BCUT2D eigenvalue weighted by Gasteiger charge is 2.32. The number of halogens is 1. The van der Waals surface area contributed by atoms with Gasteiger partial charge in [-0.3, -0.25) is 0 Å². The van der Waals surface area contributed by atoms with Crippen molar-refractivity contribution in [2.75, 3.05) is 5.32 Å². The molecule has 1 aliphatic rings. The first kappa shape index (κ1) is 12.8. The molecule has 0 unspecified atom stereocenters. The number of esters is 1. The van der Waals surface area contributed by atoms with E-state index in [9.17, 15) is 9.18 Å². The maximum atomic E-state index is 12.7. The second-order valence-corrected chi connectivity index (χ2v) is 4.55. The molecule has 96 valence electrons. The topological polar surface area (TPSA) is 50.4 Å². The predicted octanol–water partition coefficient (Wildman–Crippen LogP) is 1.82. The molecule has 2 atom stereocenters. The van der Waals surface area contributed by atoms with Crippen LogP contribution in [0.4, 0.5) is 10.1 Å². The van der Waals surface area contributed by atoms with Gasteiger partial charge in [0.1, 0.15) is 18.0 Å². The summed E-state index contributed by atoms with van der Waals surface area (Å²) in [5, 5.41) is 6.07. The molecule has 1 saturated heterocycles. The van der Waals surface area contributed by atoms with Gasteiger partial charge in [0.05, 0.1) is 0 Å². The summed E-state index contributed by atoms with van der Waals surface area (Å²) in [7, 11) is 0. The first-order valence-corrected chi connectivity index (χ1v) is 5.99. The van der Waals surface area contributed by atoms with Crippen LogP contribution in [0.1, 0.15) is 13.3 Å². The van der Waals surface area contributed by atoms with Crippen LogP contribution in [-0.2, 0) is 9.53 Å². The summed E-state index contributed by atoms with van der Waals surface area (Å²) in [5.74, 6) is -0.613. The van der Waals surface area contributed by atoms with Gasteiger partial charge in [0.25, 0.3) is 0 Å². The molecule has 2 N–H and O–H groups in total. The highest BCUT2D eigenvalue weighted by Crippen LogP contribution is 2.14. The minimum atomic E-state index is -0.416. The third-order valence-corrected chi connectivity index (χ3v) is 2.80. The van der Waals surface area contributed by atoms with Gasteiger partial charge in [0.15, 0.2) is 5.11 Å². The van der Waals surface area contributed by atoms with Gasteiger partial charge in [-0.05, 0) is 43.4 Å². The second-order valence-electron chi connectivity index (χ2n) is 4.14. The number of cyclic esters (lactones) is 1. The van der Waals surface area contributed by atoms with Crippen molar-refractivity contribution in [2.24, 2.45) is 0 Å².